The molecule has 2 rings (SSSR count). The van der Waals surface area contributed by atoms with E-state index >= 15 is 0 Å². The monoisotopic (exact) mass is 293 g/mol. The largest absolute Gasteiger partial charge is 0.502 e. The topological polar surface area (TPSA) is 62.5 Å². The van der Waals surface area contributed by atoms with Crippen molar-refractivity contribution in [2.45, 2.75) is 25.9 Å². The molecule has 0 aliphatic rings. The van der Waals surface area contributed by atoms with Crippen LogP contribution in [-0.2, 0) is 12.1 Å². The molecule has 2 N–H and O–H groups in total. The third kappa shape index (κ3) is 3.40. The first kappa shape index (κ1) is 14.6. The van der Waals surface area contributed by atoms with Gasteiger partial charge >= 0.3 is 0 Å². The van der Waals surface area contributed by atoms with Crippen molar-refractivity contribution in [3.8, 4) is 5.75 Å². The Balaban J connectivity index is 2.10. The molecule has 4 nitrogen and oxygen atoms in total. The fourth-order valence-electron chi connectivity index (χ4n) is 1.81. The van der Waals surface area contributed by atoms with Crippen LogP contribution in [0.2, 0.25) is 5.02 Å². The number of benzene rings is 1. The molecule has 5 heteroatoms. The molecule has 0 radical (unpaired) electrons. The maximum atomic E-state index is 11.3. The van der Waals surface area contributed by atoms with Crippen LogP contribution in [-0.4, -0.2) is 5.11 Å². The van der Waals surface area contributed by atoms with Crippen LogP contribution < -0.4 is 10.7 Å². The van der Waals surface area contributed by atoms with Gasteiger partial charge in [-0.2, -0.15) is 0 Å². The quantitative estimate of drug-likeness (QED) is 0.909. The average molecular weight is 294 g/mol. The Morgan fingerprint density at radius 3 is 2.55 bits per heavy atom. The van der Waals surface area contributed by atoms with E-state index in [1.165, 1.54) is 6.07 Å². The highest BCUT2D eigenvalue weighted by atomic mass is 35.5. The van der Waals surface area contributed by atoms with Gasteiger partial charge in [0.15, 0.2) is 5.75 Å². The van der Waals surface area contributed by atoms with Gasteiger partial charge in [-0.3, -0.25) is 4.79 Å². The minimum Gasteiger partial charge on any atom is -0.502 e. The molecule has 2 aromatic rings. The van der Waals surface area contributed by atoms with Gasteiger partial charge in [-0.1, -0.05) is 23.7 Å². The molecular formula is C15H16ClNO3. The second kappa shape index (κ2) is 5.69. The smallest absolute Gasteiger partial charge is 0.226 e. The molecule has 20 heavy (non-hydrogen) atoms. The molecule has 1 aromatic heterocycles. The van der Waals surface area contributed by atoms with Crippen LogP contribution in [0.5, 0.6) is 5.75 Å². The van der Waals surface area contributed by atoms with Crippen molar-refractivity contribution >= 4 is 11.6 Å². The van der Waals surface area contributed by atoms with Crippen LogP contribution in [0.15, 0.2) is 45.8 Å². The summed E-state index contributed by atoms with van der Waals surface area (Å²) in [4.78, 5) is 11.3. The average Bonchev–Trinajstić information content (AvgIpc) is 2.41. The fraction of sp³-hybridized carbons (Fsp3) is 0.267. The maximum Gasteiger partial charge on any atom is 0.226 e. The fourth-order valence-corrected chi connectivity index (χ4v) is 1.94. The third-order valence-corrected chi connectivity index (χ3v) is 3.39. The van der Waals surface area contributed by atoms with Crippen molar-refractivity contribution in [3.63, 3.8) is 0 Å². The predicted molar refractivity (Wildman–Crippen MR) is 78.0 cm³/mol. The summed E-state index contributed by atoms with van der Waals surface area (Å²) in [6.45, 7) is 4.43. The van der Waals surface area contributed by atoms with Crippen LogP contribution in [0, 0.1) is 0 Å². The first-order valence-corrected chi connectivity index (χ1v) is 6.58. The van der Waals surface area contributed by atoms with Gasteiger partial charge in [0.05, 0.1) is 6.54 Å². The Morgan fingerprint density at radius 2 is 1.95 bits per heavy atom. The lowest BCUT2D eigenvalue weighted by Gasteiger charge is -2.26. The van der Waals surface area contributed by atoms with Crippen molar-refractivity contribution in [1.29, 1.82) is 0 Å². The van der Waals surface area contributed by atoms with E-state index in [9.17, 15) is 4.79 Å². The van der Waals surface area contributed by atoms with E-state index in [0.29, 0.717) is 17.3 Å². The summed E-state index contributed by atoms with van der Waals surface area (Å²) >= 11 is 5.87. The first-order chi connectivity index (χ1) is 9.38. The van der Waals surface area contributed by atoms with Crippen molar-refractivity contribution in [3.05, 3.63) is 63.2 Å². The summed E-state index contributed by atoms with van der Waals surface area (Å²) in [5, 5.41) is 13.1. The number of aromatic hydroxyl groups is 1. The van der Waals surface area contributed by atoms with E-state index in [1.54, 1.807) is 0 Å². The van der Waals surface area contributed by atoms with E-state index in [1.807, 2.05) is 38.1 Å². The Kier molecular flexibility index (Phi) is 4.16. The van der Waals surface area contributed by atoms with Gasteiger partial charge in [0.1, 0.15) is 12.0 Å². The standard InChI is InChI=1S/C15H16ClNO3/c1-15(2,10-3-5-11(16)6-4-10)17-8-12-7-13(18)14(19)9-20-12/h3-7,9,17,19H,8H2,1-2H3. The van der Waals surface area contributed by atoms with Crippen LogP contribution in [0.3, 0.4) is 0 Å². The van der Waals surface area contributed by atoms with Crippen molar-refractivity contribution < 1.29 is 9.52 Å². The molecule has 0 amide bonds. The van der Waals surface area contributed by atoms with Crippen LogP contribution in [0.25, 0.3) is 0 Å². The molecule has 0 saturated carbocycles. The number of hydrogen-bond donors (Lipinski definition) is 2. The zero-order chi connectivity index (χ0) is 14.8. The number of hydrogen-bond acceptors (Lipinski definition) is 4. The summed E-state index contributed by atoms with van der Waals surface area (Å²) in [5.41, 5.74) is 0.321. The van der Waals surface area contributed by atoms with Crippen LogP contribution >= 0.6 is 11.6 Å². The third-order valence-electron chi connectivity index (χ3n) is 3.14. The summed E-state index contributed by atoms with van der Waals surface area (Å²) in [7, 11) is 0. The SMILES string of the molecule is CC(C)(NCc1cc(=O)c(O)co1)c1ccc(Cl)cc1. The Hall–Kier alpha value is -1.78. The molecule has 1 aromatic carbocycles. The lowest BCUT2D eigenvalue weighted by molar-refractivity contribution is 0.356. The van der Waals surface area contributed by atoms with Gasteiger partial charge in [-0.25, -0.2) is 0 Å². The predicted octanol–water partition coefficient (Wildman–Crippen LogP) is 3.02. The van der Waals surface area contributed by atoms with Gasteiger partial charge in [0.25, 0.3) is 0 Å². The van der Waals surface area contributed by atoms with Crippen LogP contribution in [0.4, 0.5) is 0 Å². The molecule has 0 aliphatic carbocycles. The molecule has 0 unspecified atom stereocenters. The normalized spacial score (nSPS) is 11.6. The van der Waals surface area contributed by atoms with E-state index in [0.717, 1.165) is 11.8 Å². The molecule has 0 spiro atoms. The van der Waals surface area contributed by atoms with Crippen molar-refractivity contribution in [2.24, 2.45) is 0 Å². The number of rotatable bonds is 4. The summed E-state index contributed by atoms with van der Waals surface area (Å²) in [6.07, 6.45) is 1.05. The Bertz CT molecular complexity index is 647. The second-order valence-corrected chi connectivity index (χ2v) is 5.52. The van der Waals surface area contributed by atoms with Crippen molar-refractivity contribution in [2.75, 3.05) is 0 Å². The molecule has 0 saturated heterocycles. The molecular weight excluding hydrogens is 278 g/mol. The Morgan fingerprint density at radius 1 is 1.30 bits per heavy atom. The minimum atomic E-state index is -0.447. The number of halogens is 1. The minimum absolute atomic E-state index is 0.305. The van der Waals surface area contributed by atoms with E-state index in [4.69, 9.17) is 21.1 Å². The zero-order valence-corrected chi connectivity index (χ0v) is 12.1. The maximum absolute atomic E-state index is 11.3. The highest BCUT2D eigenvalue weighted by Crippen LogP contribution is 2.22. The summed E-state index contributed by atoms with van der Waals surface area (Å²) in [6, 6.07) is 8.84. The van der Waals surface area contributed by atoms with Crippen LogP contribution in [0.1, 0.15) is 25.2 Å². The van der Waals surface area contributed by atoms with Gasteiger partial charge in [0.2, 0.25) is 5.43 Å². The Labute approximate surface area is 122 Å². The summed E-state index contributed by atoms with van der Waals surface area (Å²) < 4.78 is 5.16. The van der Waals surface area contributed by atoms with Gasteiger partial charge in [0, 0.05) is 16.6 Å². The van der Waals surface area contributed by atoms with E-state index < -0.39 is 5.43 Å². The zero-order valence-electron chi connectivity index (χ0n) is 11.3. The highest BCUT2D eigenvalue weighted by Gasteiger charge is 2.20. The van der Waals surface area contributed by atoms with Gasteiger partial charge < -0.3 is 14.8 Å². The molecule has 1 heterocycles. The molecule has 0 fully saturated rings. The second-order valence-electron chi connectivity index (χ2n) is 5.08. The van der Waals surface area contributed by atoms with Gasteiger partial charge in [-0.05, 0) is 31.5 Å². The molecule has 0 aliphatic heterocycles. The van der Waals surface area contributed by atoms with E-state index in [2.05, 4.69) is 5.32 Å². The van der Waals surface area contributed by atoms with Gasteiger partial charge in [-0.15, -0.1) is 0 Å². The molecule has 106 valence electrons. The summed E-state index contributed by atoms with van der Waals surface area (Å²) in [5.74, 6) is 0.0838. The molecule has 0 bridgehead atoms. The number of nitrogens with one attached hydrogen (secondary N) is 1. The van der Waals surface area contributed by atoms with E-state index in [-0.39, 0.29) is 11.3 Å². The lowest BCUT2D eigenvalue weighted by atomic mass is 9.94. The van der Waals surface area contributed by atoms with Crippen molar-refractivity contribution in [1.82, 2.24) is 5.32 Å². The molecule has 0 atom stereocenters. The highest BCUT2D eigenvalue weighted by molar-refractivity contribution is 6.30. The lowest BCUT2D eigenvalue weighted by Crippen LogP contribution is -2.36. The first-order valence-electron chi connectivity index (χ1n) is 6.20.